The van der Waals surface area contributed by atoms with Crippen LogP contribution in [0.2, 0.25) is 83.1 Å². The van der Waals surface area contributed by atoms with E-state index in [9.17, 15) is 145 Å². The molecule has 2 fully saturated rings. The van der Waals surface area contributed by atoms with E-state index in [1.54, 1.807) is 39.3 Å². The summed E-state index contributed by atoms with van der Waals surface area (Å²) in [5.74, 6) is -18.3. The summed E-state index contributed by atoms with van der Waals surface area (Å²) < 4.78 is 451. The fourth-order valence-corrected chi connectivity index (χ4v) is 36.2. The zero-order valence-corrected chi connectivity index (χ0v) is 57.5. The zero-order chi connectivity index (χ0) is 75.4. The maximum absolute atomic E-state index is 14.5. The third-order valence-corrected chi connectivity index (χ3v) is 36.6. The maximum atomic E-state index is 14.5. The molecule has 12 nitrogen and oxygen atoms in total. The molecule has 0 bridgehead atoms. The Kier molecular flexibility index (Phi) is 51.2. The van der Waals surface area contributed by atoms with E-state index >= 15 is 0 Å². The summed E-state index contributed by atoms with van der Waals surface area (Å²) in [5, 5.41) is 0. The van der Waals surface area contributed by atoms with Crippen LogP contribution in [0.1, 0.15) is 89.5 Å². The van der Waals surface area contributed by atoms with Crippen LogP contribution in [0.25, 0.3) is 0 Å². The standard InChI is InChI=1S/C37H69F15O12Si6.C3H2F6.2C2F6.6CH4/c1-65(60-66(2,3)19-10-16-55-26-34(42,59-52)37(49,50)51)61-69(8,22-15-29-13-14-30-31(23-29)58-30)63-68(6,7)64-70(9,21-12-18-54-25-33(41,57-28-39)36(46,47)48)62-67(4,5)20-11-17-53-24-32(40,56-27-38)35(43,44)45;4-1-2(5,6)3(7,8)9;2*3-1(4,5)2(6,7)8;;;;;;/h29-31,65H,10-28H2,1-9H3;1H2;;;6*1H4. The molecule has 0 aromatic carbocycles. The van der Waals surface area contributed by atoms with E-state index in [1.165, 1.54) is 0 Å². The fourth-order valence-electron chi connectivity index (χ4n) is 8.16. The number of alkyl halides is 32. The first-order valence-electron chi connectivity index (χ1n) is 27.2. The van der Waals surface area contributed by atoms with E-state index in [1.807, 2.05) is 19.6 Å². The second-order valence-electron chi connectivity index (χ2n) is 22.8. The molecule has 0 radical (unpaired) electrons. The average molecular weight is 1680 g/mol. The van der Waals surface area contributed by atoms with Gasteiger partial charge in [-0.25, -0.2) is 13.2 Å². The second kappa shape index (κ2) is 44.9. The van der Waals surface area contributed by atoms with Crippen molar-refractivity contribution in [2.24, 2.45) is 5.92 Å². The fraction of sp³-hybridized carbons (Fsp3) is 1.00. The second-order valence-corrected chi connectivity index (χ2v) is 44.6. The van der Waals surface area contributed by atoms with E-state index < -0.39 is 178 Å². The first-order chi connectivity index (χ1) is 42.1. The third kappa shape index (κ3) is 43.3. The lowest BCUT2D eigenvalue weighted by molar-refractivity contribution is -0.411. The molecule has 1 aliphatic heterocycles. The van der Waals surface area contributed by atoms with Gasteiger partial charge in [0, 0.05) is 19.8 Å². The summed E-state index contributed by atoms with van der Waals surface area (Å²) in [4.78, 5) is 2.51. The van der Waals surface area contributed by atoms with Crippen molar-refractivity contribution in [3.05, 3.63) is 0 Å². The van der Waals surface area contributed by atoms with Crippen LogP contribution in [0.15, 0.2) is 0 Å². The minimum atomic E-state index is -6.06. The van der Waals surface area contributed by atoms with Gasteiger partial charge in [0.15, 0.2) is 37.0 Å². The van der Waals surface area contributed by atoms with Crippen molar-refractivity contribution >= 4 is 51.6 Å². The Morgan fingerprint density at radius 2 is 0.743 bits per heavy atom. The largest absolute Gasteiger partial charge is 0.487 e. The quantitative estimate of drug-likeness (QED) is 0.0255. The number of fused-ring (bicyclic) bond motifs is 1. The third-order valence-electron chi connectivity index (χ3n) is 12.5. The molecule has 0 spiro atoms. The summed E-state index contributed by atoms with van der Waals surface area (Å²) in [6.07, 6.45) is -43.0. The number of rotatable bonds is 37. The number of ether oxygens (including phenoxy) is 6. The minimum absolute atomic E-state index is 0. The van der Waals surface area contributed by atoms with Gasteiger partial charge < -0.3 is 49.0 Å². The van der Waals surface area contributed by atoms with E-state index in [4.69, 9.17) is 39.5 Å². The summed E-state index contributed by atoms with van der Waals surface area (Å²) in [6.45, 7) is 2.84. The van der Waals surface area contributed by atoms with Crippen LogP contribution in [0.4, 0.5) is 145 Å². The molecule has 9 unspecified atom stereocenters. The molecule has 1 aliphatic carbocycles. The molecule has 1 saturated carbocycles. The lowest BCUT2D eigenvalue weighted by Gasteiger charge is -2.44. The first kappa shape index (κ1) is 115. The van der Waals surface area contributed by atoms with Gasteiger partial charge in [-0.2, -0.15) is 127 Å². The highest BCUT2D eigenvalue weighted by atomic mass is 28.5. The van der Waals surface area contributed by atoms with Gasteiger partial charge in [0.2, 0.25) is 0 Å². The van der Waals surface area contributed by atoms with E-state index in [2.05, 4.69) is 14.4 Å². The molecular formula is C50H95F33O12Si6. The topological polar surface area (TPSA) is 114 Å². The van der Waals surface area contributed by atoms with Crippen LogP contribution in [0, 0.1) is 5.92 Å². The number of hydrogen-bond acceptors (Lipinski definition) is 12. The summed E-state index contributed by atoms with van der Waals surface area (Å²) in [5.41, 5.74) is 0. The van der Waals surface area contributed by atoms with E-state index in [0.29, 0.717) is 24.4 Å². The maximum Gasteiger partial charge on any atom is 0.487 e. The lowest BCUT2D eigenvalue weighted by atomic mass is 9.88. The summed E-state index contributed by atoms with van der Waals surface area (Å²) >= 11 is 0. The predicted molar refractivity (Wildman–Crippen MR) is 318 cm³/mol. The van der Waals surface area contributed by atoms with Crippen molar-refractivity contribution in [3.8, 4) is 0 Å². The Morgan fingerprint density at radius 3 is 1.05 bits per heavy atom. The van der Waals surface area contributed by atoms with Gasteiger partial charge in [0.05, 0.1) is 12.2 Å². The van der Waals surface area contributed by atoms with Gasteiger partial charge in [-0.1, -0.05) is 44.6 Å². The highest BCUT2D eigenvalue weighted by Gasteiger charge is 2.63. The van der Waals surface area contributed by atoms with Gasteiger partial charge in [0.25, 0.3) is 9.28 Å². The van der Waals surface area contributed by atoms with Crippen LogP contribution in [-0.2, 0) is 53.9 Å². The first-order valence-corrected chi connectivity index (χ1v) is 43.4. The number of halogens is 33. The highest BCUT2D eigenvalue weighted by Crippen LogP contribution is 2.44. The van der Waals surface area contributed by atoms with Gasteiger partial charge >= 0.3 is 98.6 Å². The van der Waals surface area contributed by atoms with Crippen LogP contribution in [-0.4, -0.2) is 197 Å². The van der Waals surface area contributed by atoms with Crippen molar-refractivity contribution < 1.29 is 199 Å². The van der Waals surface area contributed by atoms with Crippen molar-refractivity contribution in [2.45, 2.75) is 258 Å². The SMILES string of the molecule is C.C.C.C.C.C.C[SiH](O[Si](C)(C)CCCOCC(F)(OF)C(F)(F)F)O[Si](C)(CCC1CCC2OC2C1)O[Si](C)(C)O[Si](C)(CCCOCC(F)(OCF)C(F)(F)F)O[Si](C)(C)CCCOCC(F)(OCF)C(F)(F)F.FC(F)(F)C(F)(F)F.FC(F)(F)C(F)(F)F.FCC(F)(F)C(F)(F)F. The van der Waals surface area contributed by atoms with Crippen molar-refractivity contribution in [3.63, 3.8) is 0 Å². The lowest BCUT2D eigenvalue weighted by Crippen LogP contribution is -2.60. The molecule has 1 heterocycles. The summed E-state index contributed by atoms with van der Waals surface area (Å²) in [6, 6.07) is 1.05. The molecule has 101 heavy (non-hydrogen) atoms. The van der Waals surface area contributed by atoms with E-state index in [-0.39, 0.29) is 94.7 Å². The molecule has 0 N–H and O–H groups in total. The van der Waals surface area contributed by atoms with Gasteiger partial charge in [-0.3, -0.25) is 0 Å². The summed E-state index contributed by atoms with van der Waals surface area (Å²) in [7, 11) is -18.5. The molecule has 622 valence electrons. The Balaban J connectivity index is -0.000000392. The minimum Gasteiger partial charge on any atom is -0.439 e. The molecule has 0 aromatic rings. The van der Waals surface area contributed by atoms with Crippen LogP contribution in [0.5, 0.6) is 0 Å². The van der Waals surface area contributed by atoms with Crippen LogP contribution < -0.4 is 0 Å². The molecule has 0 aromatic heterocycles. The van der Waals surface area contributed by atoms with Crippen molar-refractivity contribution in [1.82, 2.24) is 0 Å². The van der Waals surface area contributed by atoms with E-state index in [0.717, 1.165) is 19.3 Å². The monoisotopic (exact) mass is 1680 g/mol. The molecular weight excluding hydrogens is 1590 g/mol. The van der Waals surface area contributed by atoms with Crippen LogP contribution >= 0.6 is 0 Å². The smallest absolute Gasteiger partial charge is 0.439 e. The van der Waals surface area contributed by atoms with Gasteiger partial charge in [-0.15, -0.1) is 4.94 Å². The zero-order valence-electron chi connectivity index (χ0n) is 51.3. The normalized spacial score (nSPS) is 19.7. The highest BCUT2D eigenvalue weighted by molar-refractivity contribution is 6.90. The van der Waals surface area contributed by atoms with Gasteiger partial charge in [0.1, 0.15) is 19.8 Å². The Hall–Kier alpha value is -1.49. The molecule has 51 heteroatoms. The Bertz CT molecular complexity index is 2120. The predicted octanol–water partition coefficient (Wildman–Crippen LogP) is 22.0. The molecule has 0 amide bonds. The van der Waals surface area contributed by atoms with Crippen molar-refractivity contribution in [2.75, 3.05) is 60.0 Å². The van der Waals surface area contributed by atoms with Crippen LogP contribution in [0.3, 0.4) is 0 Å². The molecule has 2 aliphatic rings. The number of epoxide rings is 1. The average Bonchev–Trinajstić information content (AvgIpc) is 1.79. The molecule has 2 rings (SSSR count). The number of hydrogen-bond donors (Lipinski definition) is 0. The van der Waals surface area contributed by atoms with Crippen molar-refractivity contribution in [1.29, 1.82) is 0 Å². The Morgan fingerprint density at radius 1 is 0.396 bits per heavy atom. The van der Waals surface area contributed by atoms with Gasteiger partial charge in [-0.05, 0) is 138 Å². The molecule has 9 atom stereocenters. The Labute approximate surface area is 573 Å². The molecule has 1 saturated heterocycles.